The van der Waals surface area contributed by atoms with Gasteiger partial charge in [-0.1, -0.05) is 13.8 Å². The Hall–Kier alpha value is -0.650. The monoisotopic (exact) mass is 298 g/mol. The molecule has 0 aromatic heterocycles. The van der Waals surface area contributed by atoms with Crippen LogP contribution >= 0.6 is 0 Å². The normalized spacial score (nSPS) is 33.9. The first-order valence-corrected chi connectivity index (χ1v) is 8.14. The molecule has 1 amide bonds. The van der Waals surface area contributed by atoms with E-state index < -0.39 is 5.54 Å². The number of ether oxygens (including phenoxy) is 2. The lowest BCUT2D eigenvalue weighted by Gasteiger charge is -2.65. The van der Waals surface area contributed by atoms with Crippen LogP contribution in [-0.4, -0.2) is 44.4 Å². The number of nitrogens with one attached hydrogen (secondary N) is 1. The van der Waals surface area contributed by atoms with Crippen LogP contribution < -0.4 is 11.1 Å². The zero-order valence-corrected chi connectivity index (χ0v) is 13.6. The SMILES string of the molecule is COCCCCCNC(=O)C1(N)C2CCCOC2C1(C)C. The molecule has 5 nitrogen and oxygen atoms in total. The van der Waals surface area contributed by atoms with E-state index in [-0.39, 0.29) is 23.3 Å². The van der Waals surface area contributed by atoms with Crippen LogP contribution in [0.15, 0.2) is 0 Å². The molecule has 2 fully saturated rings. The highest BCUT2D eigenvalue weighted by molar-refractivity contribution is 5.89. The zero-order valence-electron chi connectivity index (χ0n) is 13.6. The number of methoxy groups -OCH3 is 1. The molecule has 1 aliphatic carbocycles. The Kier molecular flexibility index (Phi) is 5.28. The quantitative estimate of drug-likeness (QED) is 0.698. The van der Waals surface area contributed by atoms with Crippen LogP contribution in [0.4, 0.5) is 0 Å². The van der Waals surface area contributed by atoms with Gasteiger partial charge in [0, 0.05) is 38.2 Å². The minimum atomic E-state index is -0.787. The number of unbranched alkanes of at least 4 members (excludes halogenated alkanes) is 2. The van der Waals surface area contributed by atoms with Gasteiger partial charge in [0.1, 0.15) is 5.54 Å². The molecule has 1 saturated heterocycles. The molecule has 21 heavy (non-hydrogen) atoms. The van der Waals surface area contributed by atoms with Gasteiger partial charge in [-0.3, -0.25) is 4.79 Å². The molecule has 3 atom stereocenters. The van der Waals surface area contributed by atoms with Gasteiger partial charge in [0.25, 0.3) is 0 Å². The fourth-order valence-corrected chi connectivity index (χ4v) is 3.93. The number of hydrogen-bond donors (Lipinski definition) is 2. The first-order valence-electron chi connectivity index (χ1n) is 8.14. The minimum Gasteiger partial charge on any atom is -0.385 e. The van der Waals surface area contributed by atoms with E-state index in [1.807, 2.05) is 0 Å². The number of fused-ring (bicyclic) bond motifs is 1. The smallest absolute Gasteiger partial charge is 0.241 e. The third-order valence-electron chi connectivity index (χ3n) is 5.37. The topological polar surface area (TPSA) is 73.6 Å². The fourth-order valence-electron chi connectivity index (χ4n) is 3.93. The van der Waals surface area contributed by atoms with Crippen molar-refractivity contribution in [3.05, 3.63) is 0 Å². The van der Waals surface area contributed by atoms with Gasteiger partial charge in [-0.15, -0.1) is 0 Å². The van der Waals surface area contributed by atoms with Crippen molar-refractivity contribution in [2.45, 2.75) is 57.6 Å². The molecule has 3 unspecified atom stereocenters. The van der Waals surface area contributed by atoms with Gasteiger partial charge in [-0.05, 0) is 32.1 Å². The summed E-state index contributed by atoms with van der Waals surface area (Å²) in [6.07, 6.45) is 5.18. The summed E-state index contributed by atoms with van der Waals surface area (Å²) in [6.45, 7) is 6.37. The van der Waals surface area contributed by atoms with Crippen LogP contribution in [0.5, 0.6) is 0 Å². The third kappa shape index (κ3) is 2.83. The van der Waals surface area contributed by atoms with Crippen molar-refractivity contribution >= 4 is 5.91 Å². The number of hydrogen-bond acceptors (Lipinski definition) is 4. The maximum absolute atomic E-state index is 12.6. The Morgan fingerprint density at radius 1 is 1.38 bits per heavy atom. The number of carbonyl (C=O) groups is 1. The summed E-state index contributed by atoms with van der Waals surface area (Å²) in [7, 11) is 1.71. The first-order chi connectivity index (χ1) is 9.96. The number of rotatable bonds is 7. The van der Waals surface area contributed by atoms with E-state index in [9.17, 15) is 4.79 Å². The maximum atomic E-state index is 12.6. The molecule has 3 N–H and O–H groups in total. The van der Waals surface area contributed by atoms with Crippen molar-refractivity contribution in [3.63, 3.8) is 0 Å². The van der Waals surface area contributed by atoms with Crippen molar-refractivity contribution < 1.29 is 14.3 Å². The number of nitrogens with two attached hydrogens (primary N) is 1. The van der Waals surface area contributed by atoms with Gasteiger partial charge in [0.2, 0.25) is 5.91 Å². The van der Waals surface area contributed by atoms with Crippen LogP contribution in [0.25, 0.3) is 0 Å². The largest absolute Gasteiger partial charge is 0.385 e. The van der Waals surface area contributed by atoms with E-state index in [1.54, 1.807) is 7.11 Å². The lowest BCUT2D eigenvalue weighted by molar-refractivity contribution is -0.225. The van der Waals surface area contributed by atoms with Crippen molar-refractivity contribution in [2.24, 2.45) is 17.1 Å². The van der Waals surface area contributed by atoms with Crippen molar-refractivity contribution in [2.75, 3.05) is 26.9 Å². The fraction of sp³-hybridized carbons (Fsp3) is 0.938. The molecule has 0 aromatic rings. The molecule has 0 spiro atoms. The first kappa shape index (κ1) is 16.7. The van der Waals surface area contributed by atoms with Gasteiger partial charge in [0.05, 0.1) is 6.10 Å². The van der Waals surface area contributed by atoms with E-state index >= 15 is 0 Å². The molecule has 1 aliphatic heterocycles. The summed E-state index contributed by atoms with van der Waals surface area (Å²) in [5, 5.41) is 3.03. The van der Waals surface area contributed by atoms with E-state index in [1.165, 1.54) is 0 Å². The molecular weight excluding hydrogens is 268 g/mol. The van der Waals surface area contributed by atoms with Crippen molar-refractivity contribution in [3.8, 4) is 0 Å². The predicted molar refractivity (Wildman–Crippen MR) is 81.9 cm³/mol. The lowest BCUT2D eigenvalue weighted by atomic mass is 9.46. The van der Waals surface area contributed by atoms with Gasteiger partial charge >= 0.3 is 0 Å². The second kappa shape index (κ2) is 6.63. The lowest BCUT2D eigenvalue weighted by Crippen LogP contribution is -2.82. The summed E-state index contributed by atoms with van der Waals surface area (Å²) >= 11 is 0. The predicted octanol–water partition coefficient (Wildman–Crippen LogP) is 1.45. The number of amides is 1. The van der Waals surface area contributed by atoms with Gasteiger partial charge in [0.15, 0.2) is 0 Å². The van der Waals surface area contributed by atoms with E-state index in [4.69, 9.17) is 15.2 Å². The Labute approximate surface area is 127 Å². The summed E-state index contributed by atoms with van der Waals surface area (Å²) < 4.78 is 10.8. The molecular formula is C16H30N2O3. The van der Waals surface area contributed by atoms with Crippen LogP contribution in [0, 0.1) is 11.3 Å². The Balaban J connectivity index is 1.83. The second-order valence-electron chi connectivity index (χ2n) is 6.94. The average Bonchev–Trinajstić information content (AvgIpc) is 2.49. The molecule has 1 heterocycles. The molecule has 1 saturated carbocycles. The van der Waals surface area contributed by atoms with Crippen LogP contribution in [0.3, 0.4) is 0 Å². The van der Waals surface area contributed by atoms with Gasteiger partial charge < -0.3 is 20.5 Å². The highest BCUT2D eigenvalue weighted by atomic mass is 16.5. The van der Waals surface area contributed by atoms with E-state index in [0.29, 0.717) is 6.54 Å². The summed E-state index contributed by atoms with van der Waals surface area (Å²) in [5.41, 5.74) is 5.45. The van der Waals surface area contributed by atoms with Gasteiger partial charge in [-0.2, -0.15) is 0 Å². The van der Waals surface area contributed by atoms with Crippen LogP contribution in [0.2, 0.25) is 0 Å². The maximum Gasteiger partial charge on any atom is 0.241 e. The molecule has 0 radical (unpaired) electrons. The number of carbonyl (C=O) groups excluding carboxylic acids is 1. The Morgan fingerprint density at radius 2 is 2.14 bits per heavy atom. The van der Waals surface area contributed by atoms with Crippen molar-refractivity contribution in [1.82, 2.24) is 5.32 Å². The highest BCUT2D eigenvalue weighted by Gasteiger charge is 2.70. The van der Waals surface area contributed by atoms with Crippen molar-refractivity contribution in [1.29, 1.82) is 0 Å². The molecule has 5 heteroatoms. The second-order valence-corrected chi connectivity index (χ2v) is 6.94. The molecule has 122 valence electrons. The Bertz CT molecular complexity index is 373. The van der Waals surface area contributed by atoms with E-state index in [2.05, 4.69) is 19.2 Å². The molecule has 2 aliphatic rings. The van der Waals surface area contributed by atoms with Crippen LogP contribution in [0.1, 0.15) is 46.0 Å². The van der Waals surface area contributed by atoms with Gasteiger partial charge in [-0.25, -0.2) is 0 Å². The molecule has 0 aromatic carbocycles. The average molecular weight is 298 g/mol. The summed E-state index contributed by atoms with van der Waals surface area (Å²) in [5.74, 6) is 0.153. The highest BCUT2D eigenvalue weighted by Crippen LogP contribution is 2.57. The zero-order chi connectivity index (χ0) is 15.5. The summed E-state index contributed by atoms with van der Waals surface area (Å²) in [6, 6.07) is 0. The van der Waals surface area contributed by atoms with Crippen LogP contribution in [-0.2, 0) is 14.3 Å². The standard InChI is InChI=1S/C16H30N2O3/c1-15(2)13-12(8-7-11-21-13)16(15,17)14(19)18-9-5-4-6-10-20-3/h12-13H,4-11,17H2,1-3H3,(H,18,19). The molecule has 0 bridgehead atoms. The van der Waals surface area contributed by atoms with E-state index in [0.717, 1.165) is 45.3 Å². The minimum absolute atomic E-state index is 0.00834. The third-order valence-corrected chi connectivity index (χ3v) is 5.37. The summed E-state index contributed by atoms with van der Waals surface area (Å²) in [4.78, 5) is 12.6. The molecule has 2 rings (SSSR count). The Morgan fingerprint density at radius 3 is 2.86 bits per heavy atom.